The largest absolute Gasteiger partial charge is 0.308 e. The predicted molar refractivity (Wildman–Crippen MR) is 68.5 cm³/mol. The van der Waals surface area contributed by atoms with Crippen molar-refractivity contribution in [3.8, 4) is 0 Å². The fraction of sp³-hybridized carbons (Fsp3) is 0.700. The van der Waals surface area contributed by atoms with Gasteiger partial charge in [-0.1, -0.05) is 13.8 Å². The van der Waals surface area contributed by atoms with E-state index in [1.165, 1.54) is 20.7 Å². The summed E-state index contributed by atoms with van der Waals surface area (Å²) >= 11 is 4.09. The van der Waals surface area contributed by atoms with Crippen LogP contribution in [0.25, 0.3) is 0 Å². The first kappa shape index (κ1) is 10.8. The second-order valence-electron chi connectivity index (χ2n) is 4.71. The third-order valence-corrected chi connectivity index (χ3v) is 4.39. The molecule has 1 aromatic heterocycles. The molecule has 0 aliphatic heterocycles. The van der Waals surface area contributed by atoms with Crippen molar-refractivity contribution in [1.82, 2.24) is 10.3 Å². The van der Waals surface area contributed by atoms with Gasteiger partial charge in [-0.25, -0.2) is 4.98 Å². The first-order chi connectivity index (χ1) is 6.55. The minimum absolute atomic E-state index is 0.564. The Morgan fingerprint density at radius 1 is 1.64 bits per heavy atom. The average molecular weight is 322 g/mol. The van der Waals surface area contributed by atoms with Gasteiger partial charge in [0.2, 0.25) is 0 Å². The molecule has 1 heterocycles. The summed E-state index contributed by atoms with van der Waals surface area (Å²) in [5.74, 6) is 0. The highest BCUT2D eigenvalue weighted by Gasteiger charge is 2.35. The first-order valence-corrected chi connectivity index (χ1v) is 6.78. The average Bonchev–Trinajstić information content (AvgIpc) is 2.44. The van der Waals surface area contributed by atoms with Crippen molar-refractivity contribution in [3.63, 3.8) is 0 Å². The van der Waals surface area contributed by atoms with Gasteiger partial charge in [-0.15, -0.1) is 11.3 Å². The Balaban J connectivity index is 1.74. The minimum atomic E-state index is 0.564. The Morgan fingerprint density at radius 2 is 2.36 bits per heavy atom. The number of aromatic nitrogens is 1. The quantitative estimate of drug-likeness (QED) is 0.866. The molecule has 2 rings (SSSR count). The maximum atomic E-state index is 4.33. The van der Waals surface area contributed by atoms with E-state index in [0.29, 0.717) is 11.5 Å². The van der Waals surface area contributed by atoms with Crippen molar-refractivity contribution in [1.29, 1.82) is 0 Å². The van der Waals surface area contributed by atoms with Crippen molar-refractivity contribution in [3.05, 3.63) is 14.1 Å². The summed E-state index contributed by atoms with van der Waals surface area (Å²) in [6.45, 7) is 5.60. The van der Waals surface area contributed by atoms with Gasteiger partial charge in [-0.3, -0.25) is 0 Å². The third-order valence-electron chi connectivity index (χ3n) is 2.67. The molecular formula is C10H15IN2S. The number of halogens is 1. The topological polar surface area (TPSA) is 24.9 Å². The molecule has 1 aliphatic carbocycles. The van der Waals surface area contributed by atoms with Gasteiger partial charge in [0.25, 0.3) is 0 Å². The number of hydrogen-bond acceptors (Lipinski definition) is 3. The Bertz CT molecular complexity index is 314. The van der Waals surface area contributed by atoms with Crippen LogP contribution in [0.3, 0.4) is 0 Å². The SMILES string of the molecule is CC1(C)CC(NCc2ncc(I)s2)C1. The zero-order valence-electron chi connectivity index (χ0n) is 8.51. The normalized spacial score (nSPS) is 20.8. The molecule has 0 aromatic carbocycles. The highest BCUT2D eigenvalue weighted by Crippen LogP contribution is 2.39. The molecule has 1 saturated carbocycles. The number of hydrogen-bond donors (Lipinski definition) is 1. The van der Waals surface area contributed by atoms with E-state index in [9.17, 15) is 0 Å². The minimum Gasteiger partial charge on any atom is -0.308 e. The molecule has 1 fully saturated rings. The molecule has 0 unspecified atom stereocenters. The Kier molecular flexibility index (Phi) is 3.14. The third kappa shape index (κ3) is 2.67. The molecule has 1 aromatic rings. The number of nitrogens with one attached hydrogen (secondary N) is 1. The van der Waals surface area contributed by atoms with Crippen LogP contribution in [0.5, 0.6) is 0 Å². The lowest BCUT2D eigenvalue weighted by molar-refractivity contribution is 0.125. The van der Waals surface area contributed by atoms with Crippen molar-refractivity contribution in [2.45, 2.75) is 39.3 Å². The van der Waals surface area contributed by atoms with Crippen LogP contribution in [-0.4, -0.2) is 11.0 Å². The molecule has 4 heteroatoms. The van der Waals surface area contributed by atoms with Crippen LogP contribution in [0.4, 0.5) is 0 Å². The molecule has 0 spiro atoms. The van der Waals surface area contributed by atoms with E-state index in [0.717, 1.165) is 6.54 Å². The summed E-state index contributed by atoms with van der Waals surface area (Å²) in [6.07, 6.45) is 4.54. The lowest BCUT2D eigenvalue weighted by atomic mass is 9.68. The van der Waals surface area contributed by atoms with Crippen LogP contribution >= 0.6 is 33.9 Å². The summed E-state index contributed by atoms with van der Waals surface area (Å²) in [7, 11) is 0. The van der Waals surface area contributed by atoms with Crippen LogP contribution in [0, 0.1) is 8.30 Å². The van der Waals surface area contributed by atoms with Gasteiger partial charge in [0.05, 0.1) is 9.08 Å². The van der Waals surface area contributed by atoms with Crippen LogP contribution in [0.15, 0.2) is 6.20 Å². The van der Waals surface area contributed by atoms with Gasteiger partial charge >= 0.3 is 0 Å². The Hall–Kier alpha value is 0.320. The molecule has 0 atom stereocenters. The first-order valence-electron chi connectivity index (χ1n) is 4.89. The summed E-state index contributed by atoms with van der Waals surface area (Å²) in [4.78, 5) is 4.33. The molecule has 0 radical (unpaired) electrons. The van der Waals surface area contributed by atoms with E-state index >= 15 is 0 Å². The van der Waals surface area contributed by atoms with E-state index in [2.05, 4.69) is 46.7 Å². The lowest BCUT2D eigenvalue weighted by Crippen LogP contribution is -2.45. The standard InChI is InChI=1S/C10H15IN2S/c1-10(2)3-7(4-10)12-6-9-13-5-8(11)14-9/h5,7,12H,3-4,6H2,1-2H3. The number of rotatable bonds is 3. The maximum Gasteiger partial charge on any atom is 0.107 e. The summed E-state index contributed by atoms with van der Waals surface area (Å²) in [5.41, 5.74) is 0.564. The van der Waals surface area contributed by atoms with Crippen LogP contribution in [0.1, 0.15) is 31.7 Å². The predicted octanol–water partition coefficient (Wildman–Crippen LogP) is 3.03. The smallest absolute Gasteiger partial charge is 0.107 e. The van der Waals surface area contributed by atoms with Gasteiger partial charge < -0.3 is 5.32 Å². The van der Waals surface area contributed by atoms with Crippen molar-refractivity contribution in [2.75, 3.05) is 0 Å². The van der Waals surface area contributed by atoms with Gasteiger partial charge in [0, 0.05) is 12.6 Å². The van der Waals surface area contributed by atoms with Gasteiger partial charge in [0.1, 0.15) is 5.01 Å². The summed E-state index contributed by atoms with van der Waals surface area (Å²) in [5, 5.41) is 4.76. The van der Waals surface area contributed by atoms with Crippen LogP contribution in [-0.2, 0) is 6.54 Å². The van der Waals surface area contributed by atoms with Gasteiger partial charge in [0.15, 0.2) is 0 Å². The fourth-order valence-electron chi connectivity index (χ4n) is 2.02. The second-order valence-corrected chi connectivity index (χ2v) is 7.72. The maximum absolute atomic E-state index is 4.33. The molecule has 2 nitrogen and oxygen atoms in total. The number of nitrogens with zero attached hydrogens (tertiary/aromatic N) is 1. The van der Waals surface area contributed by atoms with Crippen molar-refractivity contribution < 1.29 is 0 Å². The van der Waals surface area contributed by atoms with E-state index in [4.69, 9.17) is 0 Å². The molecule has 0 saturated heterocycles. The second kappa shape index (κ2) is 4.06. The molecule has 0 amide bonds. The molecular weight excluding hydrogens is 307 g/mol. The van der Waals surface area contributed by atoms with Crippen molar-refractivity contribution >= 4 is 33.9 Å². The van der Waals surface area contributed by atoms with Gasteiger partial charge in [-0.05, 0) is 40.8 Å². The van der Waals surface area contributed by atoms with E-state index in [1.807, 2.05) is 6.20 Å². The van der Waals surface area contributed by atoms with Crippen LogP contribution in [0.2, 0.25) is 0 Å². The van der Waals surface area contributed by atoms with Crippen molar-refractivity contribution in [2.24, 2.45) is 5.41 Å². The zero-order valence-corrected chi connectivity index (χ0v) is 11.5. The highest BCUT2D eigenvalue weighted by atomic mass is 127. The highest BCUT2D eigenvalue weighted by molar-refractivity contribution is 14.1. The Labute approximate surface area is 103 Å². The monoisotopic (exact) mass is 322 g/mol. The molecule has 1 aliphatic rings. The lowest BCUT2D eigenvalue weighted by Gasteiger charge is -2.43. The molecule has 78 valence electrons. The molecule has 1 N–H and O–H groups in total. The Morgan fingerprint density at radius 3 is 2.86 bits per heavy atom. The van der Waals surface area contributed by atoms with E-state index in [1.54, 1.807) is 11.3 Å². The molecule has 0 bridgehead atoms. The van der Waals surface area contributed by atoms with Crippen LogP contribution < -0.4 is 5.32 Å². The fourth-order valence-corrected chi connectivity index (χ4v) is 3.51. The summed E-state index contributed by atoms with van der Waals surface area (Å²) < 4.78 is 1.27. The van der Waals surface area contributed by atoms with E-state index in [-0.39, 0.29) is 0 Å². The molecule has 14 heavy (non-hydrogen) atoms. The van der Waals surface area contributed by atoms with Gasteiger partial charge in [-0.2, -0.15) is 0 Å². The summed E-state index contributed by atoms with van der Waals surface area (Å²) in [6, 6.07) is 0.714. The zero-order chi connectivity index (χ0) is 10.2. The van der Waals surface area contributed by atoms with E-state index < -0.39 is 0 Å². The number of thiazole rings is 1.